The third-order valence-electron chi connectivity index (χ3n) is 3.38. The van der Waals surface area contributed by atoms with Gasteiger partial charge in [0.25, 0.3) is 0 Å². The molecular weight excluding hydrogens is 260 g/mol. The molecule has 2 nitrogen and oxygen atoms in total. The average Bonchev–Trinajstić information content (AvgIpc) is 2.54. The summed E-state index contributed by atoms with van der Waals surface area (Å²) in [4.78, 5) is 12.1. The lowest BCUT2D eigenvalue weighted by molar-refractivity contribution is -0.138. The Kier molecular flexibility index (Phi) is 5.33. The highest BCUT2D eigenvalue weighted by atomic mass is 16.5. The van der Waals surface area contributed by atoms with Crippen molar-refractivity contribution in [2.24, 2.45) is 0 Å². The number of rotatable bonds is 5. The fourth-order valence-corrected chi connectivity index (χ4v) is 2.25. The standard InChI is InChI=1S/C19H20O2/c1-3-21-19(20)15(2)18(17-12-8-5-9-13-17)14-16-10-6-4-7-11-16/h4-13H,3,14H2,1-2H3. The third kappa shape index (κ3) is 4.06. The van der Waals surface area contributed by atoms with E-state index in [1.165, 1.54) is 5.56 Å². The van der Waals surface area contributed by atoms with E-state index in [1.807, 2.05) is 62.4 Å². The van der Waals surface area contributed by atoms with Gasteiger partial charge in [0.15, 0.2) is 0 Å². The van der Waals surface area contributed by atoms with Gasteiger partial charge in [0, 0.05) is 5.57 Å². The van der Waals surface area contributed by atoms with Gasteiger partial charge in [0.2, 0.25) is 0 Å². The van der Waals surface area contributed by atoms with Gasteiger partial charge in [0.1, 0.15) is 0 Å². The highest BCUT2D eigenvalue weighted by Gasteiger charge is 2.14. The zero-order valence-electron chi connectivity index (χ0n) is 12.5. The van der Waals surface area contributed by atoms with E-state index in [0.717, 1.165) is 17.6 Å². The smallest absolute Gasteiger partial charge is 0.334 e. The molecule has 2 heteroatoms. The molecular formula is C19H20O2. The zero-order chi connectivity index (χ0) is 15.1. The molecule has 0 amide bonds. The van der Waals surface area contributed by atoms with Crippen LogP contribution in [0.5, 0.6) is 0 Å². The Labute approximate surface area is 126 Å². The van der Waals surface area contributed by atoms with Crippen molar-refractivity contribution in [2.45, 2.75) is 20.3 Å². The molecule has 0 saturated carbocycles. The summed E-state index contributed by atoms with van der Waals surface area (Å²) in [6.07, 6.45) is 0.718. The average molecular weight is 280 g/mol. The Bertz CT molecular complexity index is 613. The van der Waals surface area contributed by atoms with Gasteiger partial charge in [-0.1, -0.05) is 60.7 Å². The van der Waals surface area contributed by atoms with Crippen molar-refractivity contribution >= 4 is 11.5 Å². The molecule has 0 saturated heterocycles. The highest BCUT2D eigenvalue weighted by Crippen LogP contribution is 2.24. The second-order valence-electron chi connectivity index (χ2n) is 4.85. The quantitative estimate of drug-likeness (QED) is 0.604. The summed E-state index contributed by atoms with van der Waals surface area (Å²) in [5, 5.41) is 0. The molecule has 2 rings (SSSR count). The number of hydrogen-bond donors (Lipinski definition) is 0. The largest absolute Gasteiger partial charge is 0.463 e. The van der Waals surface area contributed by atoms with Crippen LogP contribution in [0, 0.1) is 0 Å². The van der Waals surface area contributed by atoms with Crippen LogP contribution in [0.3, 0.4) is 0 Å². The maximum absolute atomic E-state index is 12.1. The van der Waals surface area contributed by atoms with Gasteiger partial charge in [-0.05, 0) is 37.0 Å². The molecule has 0 heterocycles. The maximum atomic E-state index is 12.1. The highest BCUT2D eigenvalue weighted by molar-refractivity contribution is 5.97. The van der Waals surface area contributed by atoms with Crippen molar-refractivity contribution in [1.82, 2.24) is 0 Å². The minimum absolute atomic E-state index is 0.243. The minimum Gasteiger partial charge on any atom is -0.463 e. The van der Waals surface area contributed by atoms with E-state index in [4.69, 9.17) is 4.74 Å². The zero-order valence-corrected chi connectivity index (χ0v) is 12.5. The lowest BCUT2D eigenvalue weighted by Crippen LogP contribution is -2.08. The first kappa shape index (κ1) is 15.0. The molecule has 0 bridgehead atoms. The summed E-state index contributed by atoms with van der Waals surface area (Å²) in [6.45, 7) is 4.05. The Morgan fingerprint density at radius 3 is 2.10 bits per heavy atom. The molecule has 0 radical (unpaired) electrons. The first-order valence-corrected chi connectivity index (χ1v) is 7.18. The van der Waals surface area contributed by atoms with Crippen LogP contribution in [0.2, 0.25) is 0 Å². The van der Waals surface area contributed by atoms with Crippen LogP contribution < -0.4 is 0 Å². The minimum atomic E-state index is -0.243. The number of esters is 1. The predicted molar refractivity (Wildman–Crippen MR) is 85.8 cm³/mol. The van der Waals surface area contributed by atoms with Crippen LogP contribution in [-0.2, 0) is 16.0 Å². The number of benzene rings is 2. The molecule has 0 aromatic heterocycles. The monoisotopic (exact) mass is 280 g/mol. The first-order chi connectivity index (χ1) is 10.2. The molecule has 2 aromatic rings. The Hall–Kier alpha value is -2.35. The summed E-state index contributed by atoms with van der Waals surface area (Å²) in [7, 11) is 0. The number of hydrogen-bond acceptors (Lipinski definition) is 2. The van der Waals surface area contributed by atoms with Gasteiger partial charge in [-0.15, -0.1) is 0 Å². The van der Waals surface area contributed by atoms with Gasteiger partial charge >= 0.3 is 5.97 Å². The van der Waals surface area contributed by atoms with E-state index in [-0.39, 0.29) is 5.97 Å². The number of ether oxygens (including phenoxy) is 1. The van der Waals surface area contributed by atoms with Crippen LogP contribution >= 0.6 is 0 Å². The molecule has 0 N–H and O–H groups in total. The van der Waals surface area contributed by atoms with Crippen LogP contribution in [0.25, 0.3) is 5.57 Å². The normalized spacial score (nSPS) is 11.7. The fourth-order valence-electron chi connectivity index (χ4n) is 2.25. The number of carbonyl (C=O) groups is 1. The summed E-state index contributed by atoms with van der Waals surface area (Å²) >= 11 is 0. The van der Waals surface area contributed by atoms with E-state index in [9.17, 15) is 4.79 Å². The van der Waals surface area contributed by atoms with Gasteiger partial charge < -0.3 is 4.74 Å². The molecule has 0 fully saturated rings. The van der Waals surface area contributed by atoms with E-state index in [1.54, 1.807) is 0 Å². The van der Waals surface area contributed by atoms with Crippen LogP contribution in [0.1, 0.15) is 25.0 Å². The molecule has 21 heavy (non-hydrogen) atoms. The second-order valence-corrected chi connectivity index (χ2v) is 4.85. The lowest BCUT2D eigenvalue weighted by atomic mass is 9.94. The topological polar surface area (TPSA) is 26.3 Å². The molecule has 108 valence electrons. The molecule has 0 aliphatic rings. The Morgan fingerprint density at radius 1 is 0.952 bits per heavy atom. The summed E-state index contributed by atoms with van der Waals surface area (Å²) in [5.74, 6) is -0.243. The van der Waals surface area contributed by atoms with E-state index < -0.39 is 0 Å². The van der Waals surface area contributed by atoms with Gasteiger partial charge in [-0.3, -0.25) is 0 Å². The van der Waals surface area contributed by atoms with Gasteiger partial charge in [-0.2, -0.15) is 0 Å². The van der Waals surface area contributed by atoms with Gasteiger partial charge in [0.05, 0.1) is 6.61 Å². The molecule has 0 aliphatic heterocycles. The van der Waals surface area contributed by atoms with Crippen molar-refractivity contribution < 1.29 is 9.53 Å². The molecule has 0 aliphatic carbocycles. The van der Waals surface area contributed by atoms with Crippen LogP contribution in [-0.4, -0.2) is 12.6 Å². The Balaban J connectivity index is 2.40. The van der Waals surface area contributed by atoms with Crippen LogP contribution in [0.15, 0.2) is 66.2 Å². The molecule has 0 atom stereocenters. The SMILES string of the molecule is CCOC(=O)C(C)=C(Cc1ccccc1)c1ccccc1. The van der Waals surface area contributed by atoms with E-state index in [2.05, 4.69) is 12.1 Å². The van der Waals surface area contributed by atoms with Crippen molar-refractivity contribution in [3.05, 3.63) is 77.4 Å². The fraction of sp³-hybridized carbons (Fsp3) is 0.211. The van der Waals surface area contributed by atoms with Crippen molar-refractivity contribution in [3.63, 3.8) is 0 Å². The predicted octanol–water partition coefficient (Wildman–Crippen LogP) is 4.27. The second kappa shape index (κ2) is 7.44. The third-order valence-corrected chi connectivity index (χ3v) is 3.38. The van der Waals surface area contributed by atoms with E-state index >= 15 is 0 Å². The number of carbonyl (C=O) groups excluding carboxylic acids is 1. The van der Waals surface area contributed by atoms with E-state index in [0.29, 0.717) is 12.2 Å². The van der Waals surface area contributed by atoms with Gasteiger partial charge in [-0.25, -0.2) is 4.79 Å². The summed E-state index contributed by atoms with van der Waals surface area (Å²) < 4.78 is 5.15. The Morgan fingerprint density at radius 2 is 1.52 bits per heavy atom. The molecule has 2 aromatic carbocycles. The van der Waals surface area contributed by atoms with Crippen LogP contribution in [0.4, 0.5) is 0 Å². The summed E-state index contributed by atoms with van der Waals surface area (Å²) in [5.41, 5.74) is 3.93. The van der Waals surface area contributed by atoms with Crippen molar-refractivity contribution in [3.8, 4) is 0 Å². The lowest BCUT2D eigenvalue weighted by Gasteiger charge is -2.12. The molecule has 0 spiro atoms. The van der Waals surface area contributed by atoms with Crippen molar-refractivity contribution in [1.29, 1.82) is 0 Å². The number of allylic oxidation sites excluding steroid dienone is 1. The van der Waals surface area contributed by atoms with Crippen molar-refractivity contribution in [2.75, 3.05) is 6.61 Å². The molecule has 0 unspecified atom stereocenters. The summed E-state index contributed by atoms with van der Waals surface area (Å²) in [6, 6.07) is 20.2. The first-order valence-electron chi connectivity index (χ1n) is 7.18. The maximum Gasteiger partial charge on any atom is 0.334 e.